The zero-order valence-corrected chi connectivity index (χ0v) is 27.5. The molecule has 4 aromatic carbocycles. The predicted molar refractivity (Wildman–Crippen MR) is 167 cm³/mol. The zero-order chi connectivity index (χ0) is 27.9. The van der Waals surface area contributed by atoms with Gasteiger partial charge in [-0.15, -0.1) is 0 Å². The molecular formula is C33H34Br2N4Pd+2. The van der Waals surface area contributed by atoms with Gasteiger partial charge in [-0.2, -0.15) is 0 Å². The monoisotopic (exact) mass is 750 g/mol. The van der Waals surface area contributed by atoms with Crippen LogP contribution >= 0.6 is 26.9 Å². The summed E-state index contributed by atoms with van der Waals surface area (Å²) >= 11 is 6.80. The van der Waals surface area contributed by atoms with E-state index in [0.29, 0.717) is 13.9 Å². The number of nitrogens with zero attached hydrogens (tertiary/aromatic N) is 4. The van der Waals surface area contributed by atoms with Crippen molar-refractivity contribution in [3.8, 4) is 0 Å². The molecule has 0 radical (unpaired) electrons. The molecule has 0 bridgehead atoms. The number of benzene rings is 4. The van der Waals surface area contributed by atoms with Gasteiger partial charge in [-0.05, 0) is 35.4 Å². The molecule has 0 aliphatic rings. The summed E-state index contributed by atoms with van der Waals surface area (Å²) < 4.78 is 9.90. The van der Waals surface area contributed by atoms with E-state index in [0.717, 1.165) is 32.6 Å². The van der Waals surface area contributed by atoms with Crippen LogP contribution in [0.3, 0.4) is 0 Å². The third-order valence-corrected chi connectivity index (χ3v) is 7.62. The number of hydrogen-bond acceptors (Lipinski definition) is 0. The van der Waals surface area contributed by atoms with E-state index >= 15 is 0 Å². The average molecular weight is 753 g/mol. The van der Waals surface area contributed by atoms with E-state index in [4.69, 9.17) is 0 Å². The molecule has 40 heavy (non-hydrogen) atoms. The van der Waals surface area contributed by atoms with Crippen molar-refractivity contribution >= 4 is 48.9 Å². The van der Waals surface area contributed by atoms with Gasteiger partial charge in [-0.3, -0.25) is 0 Å². The maximum absolute atomic E-state index is 3.11. The number of rotatable bonds is 8. The molecule has 7 heteroatoms. The Bertz CT molecular complexity index is 1570. The van der Waals surface area contributed by atoms with Crippen molar-refractivity contribution in [3.63, 3.8) is 0 Å². The SMILES string of the molecule is Cc1n(Cc2ccccc2)c2ccccc2[n+]1CCCn1c(C)[n+](Cc2ccccc2)c2ccccc21.[Br][Pd][Br]. The van der Waals surface area contributed by atoms with E-state index in [2.05, 4.69) is 168 Å². The van der Waals surface area contributed by atoms with E-state index in [1.54, 1.807) is 0 Å². The van der Waals surface area contributed by atoms with Crippen molar-refractivity contribution in [2.45, 2.75) is 46.4 Å². The van der Waals surface area contributed by atoms with Crippen LogP contribution in [0.4, 0.5) is 0 Å². The molecule has 2 heterocycles. The molecular weight excluding hydrogens is 719 g/mol. The Hall–Kier alpha value is -2.56. The molecule has 0 saturated carbocycles. The molecule has 0 spiro atoms. The minimum absolute atomic E-state index is 0.575. The molecule has 0 atom stereocenters. The second-order valence-electron chi connectivity index (χ2n) is 9.92. The van der Waals surface area contributed by atoms with Crippen LogP contribution < -0.4 is 9.13 Å². The summed E-state index contributed by atoms with van der Waals surface area (Å²) in [7, 11) is 0. The summed E-state index contributed by atoms with van der Waals surface area (Å²) in [5, 5.41) is 0. The van der Waals surface area contributed by atoms with Crippen LogP contribution in [0.15, 0.2) is 109 Å². The van der Waals surface area contributed by atoms with Gasteiger partial charge in [0.05, 0.1) is 13.1 Å². The third-order valence-electron chi connectivity index (χ3n) is 7.62. The van der Waals surface area contributed by atoms with Crippen LogP contribution in [0, 0.1) is 13.8 Å². The summed E-state index contributed by atoms with van der Waals surface area (Å²) in [6, 6.07) is 39.1. The van der Waals surface area contributed by atoms with Crippen LogP contribution in [-0.4, -0.2) is 9.13 Å². The van der Waals surface area contributed by atoms with Crippen LogP contribution in [-0.2, 0) is 40.1 Å². The standard InChI is InChI=1S/C33H34N4.2BrH.Pd/c1-26-34(30-18-9-11-20-32(30)36(26)24-28-14-5-3-6-15-28)22-13-23-35-27(2)37(25-29-16-7-4-8-17-29)33-21-12-10-19-31(33)35;;;/h3-12,14-21H,13,22-25H2,1-2H3;2*1H;/q+2;;;+2/p-2. The first-order valence-corrected chi connectivity index (χ1v) is 20.6. The number of halogens is 2. The fourth-order valence-corrected chi connectivity index (χ4v) is 5.71. The Balaban J connectivity index is 0.00000103. The van der Waals surface area contributed by atoms with Gasteiger partial charge >= 0.3 is 40.8 Å². The minimum atomic E-state index is 0.575. The van der Waals surface area contributed by atoms with Gasteiger partial charge in [-0.25, -0.2) is 18.3 Å². The molecule has 0 saturated heterocycles. The number of aryl methyl sites for hydroxylation is 2. The summed E-state index contributed by atoms with van der Waals surface area (Å²) in [4.78, 5) is 0. The van der Waals surface area contributed by atoms with Gasteiger partial charge in [0.1, 0.15) is 13.1 Å². The molecule has 0 fully saturated rings. The number of hydrogen-bond donors (Lipinski definition) is 0. The van der Waals surface area contributed by atoms with Crippen molar-refractivity contribution in [1.29, 1.82) is 0 Å². The van der Waals surface area contributed by atoms with Crippen molar-refractivity contribution < 1.29 is 23.1 Å². The molecule has 4 nitrogen and oxygen atoms in total. The van der Waals surface area contributed by atoms with Crippen LogP contribution in [0.25, 0.3) is 22.1 Å². The number of fused-ring (bicyclic) bond motifs is 2. The Labute approximate surface area is 257 Å². The topological polar surface area (TPSA) is 17.6 Å². The fraction of sp³-hybridized carbons (Fsp3) is 0.212. The normalized spacial score (nSPS) is 11.2. The van der Waals surface area contributed by atoms with Gasteiger partial charge < -0.3 is 0 Å². The van der Waals surface area contributed by atoms with E-state index in [9.17, 15) is 0 Å². The molecule has 208 valence electrons. The van der Waals surface area contributed by atoms with Gasteiger partial charge in [-0.1, -0.05) is 84.9 Å². The second kappa shape index (κ2) is 13.9. The van der Waals surface area contributed by atoms with Gasteiger partial charge in [0, 0.05) is 20.3 Å². The van der Waals surface area contributed by atoms with Crippen molar-refractivity contribution in [3.05, 3.63) is 132 Å². The molecule has 0 aliphatic heterocycles. The molecule has 6 rings (SSSR count). The summed E-state index contributed by atoms with van der Waals surface area (Å²) in [6.07, 6.45) is 1.07. The average Bonchev–Trinajstić information content (AvgIpc) is 3.40. The van der Waals surface area contributed by atoms with E-state index in [1.807, 2.05) is 0 Å². The van der Waals surface area contributed by atoms with Crippen molar-refractivity contribution in [2.75, 3.05) is 0 Å². The molecule has 0 aliphatic carbocycles. The molecule has 6 aromatic rings. The van der Waals surface area contributed by atoms with E-state index in [-0.39, 0.29) is 0 Å². The molecule has 0 amide bonds. The van der Waals surface area contributed by atoms with Gasteiger partial charge in [0.15, 0.2) is 22.1 Å². The van der Waals surface area contributed by atoms with E-state index in [1.165, 1.54) is 44.8 Å². The summed E-state index contributed by atoms with van der Waals surface area (Å²) in [6.45, 7) is 8.26. The second-order valence-corrected chi connectivity index (χ2v) is 17.1. The summed E-state index contributed by atoms with van der Waals surface area (Å²) in [5.41, 5.74) is 7.87. The first-order chi connectivity index (χ1) is 19.6. The first-order valence-electron chi connectivity index (χ1n) is 13.5. The Morgan fingerprint density at radius 2 is 1.07 bits per heavy atom. The van der Waals surface area contributed by atoms with Crippen LogP contribution in [0.5, 0.6) is 0 Å². The van der Waals surface area contributed by atoms with Crippen LogP contribution in [0.2, 0.25) is 0 Å². The summed E-state index contributed by atoms with van der Waals surface area (Å²) in [5.74, 6) is 2.61. The number of aromatic nitrogens is 4. The predicted octanol–water partition coefficient (Wildman–Crippen LogP) is 7.66. The number of imidazole rings is 2. The van der Waals surface area contributed by atoms with E-state index < -0.39 is 0 Å². The zero-order valence-electron chi connectivity index (χ0n) is 22.8. The Kier molecular flexibility index (Phi) is 10.0. The first kappa shape index (κ1) is 29.0. The quantitative estimate of drug-likeness (QED) is 0.112. The van der Waals surface area contributed by atoms with Crippen LogP contribution in [0.1, 0.15) is 29.2 Å². The molecule has 0 N–H and O–H groups in total. The van der Waals surface area contributed by atoms with Crippen molar-refractivity contribution in [2.24, 2.45) is 0 Å². The van der Waals surface area contributed by atoms with Gasteiger partial charge in [0.2, 0.25) is 0 Å². The Morgan fingerprint density at radius 1 is 0.600 bits per heavy atom. The molecule has 2 aromatic heterocycles. The third kappa shape index (κ3) is 6.34. The molecule has 0 unspecified atom stereocenters. The maximum atomic E-state index is 3.11. The van der Waals surface area contributed by atoms with Crippen molar-refractivity contribution in [1.82, 2.24) is 9.13 Å². The fourth-order valence-electron chi connectivity index (χ4n) is 5.71. The number of para-hydroxylation sites is 4. The van der Waals surface area contributed by atoms with Gasteiger partial charge in [0.25, 0.3) is 11.6 Å². The Morgan fingerprint density at radius 3 is 1.70 bits per heavy atom.